The van der Waals surface area contributed by atoms with E-state index < -0.39 is 11.0 Å². The second kappa shape index (κ2) is 19.7. The molecule has 1 amide bonds. The van der Waals surface area contributed by atoms with Gasteiger partial charge in [0.25, 0.3) is 0 Å². The Bertz CT molecular complexity index is 1330. The summed E-state index contributed by atoms with van der Waals surface area (Å²) >= 11 is 0. The summed E-state index contributed by atoms with van der Waals surface area (Å²) in [5.41, 5.74) is 1.56. The van der Waals surface area contributed by atoms with E-state index in [-0.39, 0.29) is 16.6 Å². The number of nitrogens with zero attached hydrogens (tertiary/aromatic N) is 2. The molecule has 268 valence electrons. The fraction of sp³-hybridized carbons (Fsp3) is 0.610. The Morgan fingerprint density at radius 2 is 1.40 bits per heavy atom. The molecule has 0 bridgehead atoms. The van der Waals surface area contributed by atoms with Crippen molar-refractivity contribution in [1.29, 1.82) is 0 Å². The average Bonchev–Trinajstić information content (AvgIpc) is 3.72. The lowest BCUT2D eigenvalue weighted by molar-refractivity contribution is -0.929. The molecule has 2 aromatic carbocycles. The summed E-state index contributed by atoms with van der Waals surface area (Å²) in [5.74, 6) is 0.0838. The first-order chi connectivity index (χ1) is 22.5. The van der Waals surface area contributed by atoms with E-state index in [1.165, 1.54) is 82.0 Å². The fourth-order valence-electron chi connectivity index (χ4n) is 6.90. The van der Waals surface area contributed by atoms with Crippen LogP contribution in [-0.4, -0.2) is 71.1 Å². The number of Topliss-reactive ketones (excluding diaryl/α,β-unsaturated/α-hetero) is 1. The first kappa shape index (κ1) is 41.0. The van der Waals surface area contributed by atoms with Crippen molar-refractivity contribution in [3.05, 3.63) is 71.9 Å². The summed E-state index contributed by atoms with van der Waals surface area (Å²) in [7, 11) is 0. The summed E-state index contributed by atoms with van der Waals surface area (Å²) < 4.78 is 6.99. The van der Waals surface area contributed by atoms with Crippen LogP contribution in [0.4, 0.5) is 4.79 Å². The number of hydrogen-bond acceptors (Lipinski definition) is 3. The highest BCUT2D eigenvalue weighted by atomic mass is 19.0. The van der Waals surface area contributed by atoms with Gasteiger partial charge in [-0.25, -0.2) is 4.79 Å². The number of benzene rings is 2. The Hall–Kier alpha value is -3.19. The normalized spacial score (nSPS) is 16.3. The topological polar surface area (TPSA) is 62.4 Å². The minimum Gasteiger partial charge on any atom is -1.00 e. The highest BCUT2D eigenvalue weighted by molar-refractivity contribution is 6.04. The number of nitrogens with one attached hydrogen (secondary N) is 1. The van der Waals surface area contributed by atoms with Crippen LogP contribution in [0.2, 0.25) is 0 Å². The van der Waals surface area contributed by atoms with Crippen molar-refractivity contribution in [2.45, 2.75) is 118 Å². The molecule has 6 nitrogen and oxygen atoms in total. The van der Waals surface area contributed by atoms with Crippen LogP contribution in [-0.2, 0) is 11.2 Å². The molecule has 1 aliphatic rings. The van der Waals surface area contributed by atoms with Gasteiger partial charge < -0.3 is 23.8 Å². The largest absolute Gasteiger partial charge is 1.00 e. The number of hydrogen-bond donors (Lipinski definition) is 1. The summed E-state index contributed by atoms with van der Waals surface area (Å²) in [5, 5.41) is 1.01. The summed E-state index contributed by atoms with van der Waals surface area (Å²) in [6, 6.07) is 17.8. The van der Waals surface area contributed by atoms with E-state index in [4.69, 9.17) is 4.74 Å². The number of halogens is 1. The van der Waals surface area contributed by atoms with Gasteiger partial charge in [-0.3, -0.25) is 4.79 Å². The summed E-state index contributed by atoms with van der Waals surface area (Å²) in [6.07, 6.45) is 13.8. The lowest BCUT2D eigenvalue weighted by atomic mass is 9.74. The highest BCUT2D eigenvalue weighted by Crippen LogP contribution is 2.39. The molecule has 1 atom stereocenters. The Kier molecular flexibility index (Phi) is 16.8. The maximum absolute atomic E-state index is 13.8. The molecule has 1 N–H and O–H groups in total. The zero-order valence-corrected chi connectivity index (χ0v) is 31.1. The molecule has 7 heteroatoms. The SMILES string of the molecule is CC(C)(C)OC(=O)N1CCC(Cc2ccccc2)(C(=O)c2ccc3[nH]ccc3c2)C1.CCCC[N+](CCCC)(CCCC)CCCC.[F-]. The van der Waals surface area contributed by atoms with Crippen molar-refractivity contribution in [1.82, 2.24) is 9.88 Å². The molecular formula is C41H64FN3O3. The minimum atomic E-state index is -0.664. The van der Waals surface area contributed by atoms with Crippen LogP contribution in [0.15, 0.2) is 60.8 Å². The van der Waals surface area contributed by atoms with Crippen molar-refractivity contribution in [3.63, 3.8) is 0 Å². The number of ketones is 1. The van der Waals surface area contributed by atoms with Crippen LogP contribution in [0, 0.1) is 5.41 Å². The Balaban J connectivity index is 0.000000384. The van der Waals surface area contributed by atoms with Gasteiger partial charge in [0.15, 0.2) is 5.78 Å². The molecule has 0 aliphatic carbocycles. The molecule has 0 radical (unpaired) electrons. The highest BCUT2D eigenvalue weighted by Gasteiger charge is 2.47. The van der Waals surface area contributed by atoms with Gasteiger partial charge in [0, 0.05) is 35.8 Å². The van der Waals surface area contributed by atoms with Gasteiger partial charge in [-0.05, 0) is 89.1 Å². The van der Waals surface area contributed by atoms with Gasteiger partial charge in [0.2, 0.25) is 0 Å². The third-order valence-electron chi connectivity index (χ3n) is 9.63. The summed E-state index contributed by atoms with van der Waals surface area (Å²) in [4.78, 5) is 31.3. The van der Waals surface area contributed by atoms with Crippen LogP contribution in [0.3, 0.4) is 0 Å². The molecular weight excluding hydrogens is 601 g/mol. The number of quaternary nitrogens is 1. The van der Waals surface area contributed by atoms with Crippen LogP contribution in [0.5, 0.6) is 0 Å². The molecule has 48 heavy (non-hydrogen) atoms. The standard InChI is InChI=1S/C25H28N2O3.C16H36N.FH/c1-24(2,3)30-23(29)27-14-12-25(17-27,16-18-7-5-4-6-8-18)22(28)20-9-10-21-19(15-20)11-13-26-21;1-5-9-13-17(14-10-6-2,15-11-7-3)16-12-8-4;/h4-11,13,15,26H,12,14,16-17H2,1-3H3;5-16H2,1-4H3;1H/q;+1;/p-1. The first-order valence-electron chi connectivity index (χ1n) is 18.5. The Morgan fingerprint density at radius 3 is 1.92 bits per heavy atom. The van der Waals surface area contributed by atoms with Crippen molar-refractivity contribution >= 4 is 22.8 Å². The predicted octanol–water partition coefficient (Wildman–Crippen LogP) is 7.23. The lowest BCUT2D eigenvalue weighted by Crippen LogP contribution is -3.00. The molecule has 1 fully saturated rings. The first-order valence-corrected chi connectivity index (χ1v) is 18.5. The van der Waals surface area contributed by atoms with E-state index in [0.29, 0.717) is 31.5 Å². The van der Waals surface area contributed by atoms with Gasteiger partial charge in [0.05, 0.1) is 31.6 Å². The number of rotatable bonds is 16. The van der Waals surface area contributed by atoms with Gasteiger partial charge in [-0.2, -0.15) is 0 Å². The molecule has 0 saturated carbocycles. The van der Waals surface area contributed by atoms with Crippen LogP contribution >= 0.6 is 0 Å². The number of fused-ring (bicyclic) bond motifs is 1. The molecule has 1 unspecified atom stereocenters. The number of aromatic amines is 1. The van der Waals surface area contributed by atoms with E-state index in [1.54, 1.807) is 4.90 Å². The maximum Gasteiger partial charge on any atom is 0.410 e. The van der Waals surface area contributed by atoms with E-state index in [9.17, 15) is 9.59 Å². The van der Waals surface area contributed by atoms with Crippen LogP contribution in [0.1, 0.15) is 122 Å². The molecule has 1 aromatic heterocycles. The number of carbonyl (C=O) groups excluding carboxylic acids is 2. The molecule has 4 rings (SSSR count). The number of ether oxygens (including phenoxy) is 1. The Labute approximate surface area is 290 Å². The average molecular weight is 666 g/mol. The predicted molar refractivity (Wildman–Crippen MR) is 197 cm³/mol. The van der Waals surface area contributed by atoms with Crippen molar-refractivity contribution in [2.75, 3.05) is 39.3 Å². The lowest BCUT2D eigenvalue weighted by Gasteiger charge is -2.39. The number of carbonyl (C=O) groups is 2. The smallest absolute Gasteiger partial charge is 0.410 e. The zero-order valence-electron chi connectivity index (χ0n) is 31.1. The third kappa shape index (κ3) is 12.0. The van der Waals surface area contributed by atoms with E-state index in [1.807, 2.05) is 81.6 Å². The van der Waals surface area contributed by atoms with E-state index in [2.05, 4.69) is 32.7 Å². The number of unbranched alkanes of at least 4 members (excludes halogenated alkanes) is 4. The summed E-state index contributed by atoms with van der Waals surface area (Å²) in [6.45, 7) is 21.5. The van der Waals surface area contributed by atoms with Gasteiger partial charge in [0.1, 0.15) is 5.60 Å². The van der Waals surface area contributed by atoms with Crippen molar-refractivity contribution < 1.29 is 23.5 Å². The van der Waals surface area contributed by atoms with Crippen LogP contribution in [0.25, 0.3) is 10.9 Å². The molecule has 3 aromatic rings. The van der Waals surface area contributed by atoms with Gasteiger partial charge >= 0.3 is 6.09 Å². The fourth-order valence-corrected chi connectivity index (χ4v) is 6.90. The van der Waals surface area contributed by atoms with Crippen molar-refractivity contribution in [3.8, 4) is 0 Å². The molecule has 0 spiro atoms. The molecule has 2 heterocycles. The quantitative estimate of drug-likeness (QED) is 0.130. The monoisotopic (exact) mass is 665 g/mol. The zero-order chi connectivity index (χ0) is 34.3. The molecule has 1 aliphatic heterocycles. The Morgan fingerprint density at radius 1 is 0.833 bits per heavy atom. The second-order valence-corrected chi connectivity index (χ2v) is 14.9. The molecule has 1 saturated heterocycles. The number of likely N-dealkylation sites (tertiary alicyclic amines) is 1. The second-order valence-electron chi connectivity index (χ2n) is 14.9. The number of H-pyrrole nitrogens is 1. The van der Waals surface area contributed by atoms with Gasteiger partial charge in [-0.1, -0.05) is 83.7 Å². The third-order valence-corrected chi connectivity index (χ3v) is 9.63. The number of amides is 1. The van der Waals surface area contributed by atoms with Crippen LogP contribution < -0.4 is 4.70 Å². The van der Waals surface area contributed by atoms with Crippen molar-refractivity contribution in [2.24, 2.45) is 5.41 Å². The van der Waals surface area contributed by atoms with E-state index in [0.717, 1.165) is 16.5 Å². The maximum atomic E-state index is 13.8. The minimum absolute atomic E-state index is 0. The van der Waals surface area contributed by atoms with E-state index >= 15 is 0 Å². The number of aromatic nitrogens is 1. The van der Waals surface area contributed by atoms with Gasteiger partial charge in [-0.15, -0.1) is 0 Å².